The molecule has 33 heavy (non-hydrogen) atoms. The van der Waals surface area contributed by atoms with Crippen molar-refractivity contribution in [3.63, 3.8) is 0 Å². The van der Waals surface area contributed by atoms with Crippen molar-refractivity contribution in [1.82, 2.24) is 14.9 Å². The van der Waals surface area contributed by atoms with Crippen LogP contribution >= 0.6 is 0 Å². The zero-order valence-corrected chi connectivity index (χ0v) is 20.0. The number of nitrogens with one attached hydrogen (secondary N) is 2. The third-order valence-electron chi connectivity index (χ3n) is 6.10. The van der Waals surface area contributed by atoms with Gasteiger partial charge in [0.1, 0.15) is 12.3 Å². The molecule has 0 bridgehead atoms. The summed E-state index contributed by atoms with van der Waals surface area (Å²) in [6, 6.07) is -1.58. The Bertz CT molecular complexity index is 793. The molecule has 2 fully saturated rings. The van der Waals surface area contributed by atoms with Gasteiger partial charge in [0.15, 0.2) is 5.96 Å². The quantitative estimate of drug-likeness (QED) is 0.125. The number of nitrogens with two attached hydrogens (primary N) is 2. The number of aliphatic imine (C=N–C) groups is 1. The summed E-state index contributed by atoms with van der Waals surface area (Å²) in [5.74, 6) is -0.729. The van der Waals surface area contributed by atoms with Crippen LogP contribution < -0.4 is 21.5 Å². The summed E-state index contributed by atoms with van der Waals surface area (Å²) in [5, 5.41) is 2.61. The van der Waals surface area contributed by atoms with E-state index in [1.165, 1.54) is 4.90 Å². The van der Waals surface area contributed by atoms with E-state index in [4.69, 9.17) is 11.5 Å². The van der Waals surface area contributed by atoms with Gasteiger partial charge in [-0.05, 0) is 50.9 Å². The van der Waals surface area contributed by atoms with Crippen molar-refractivity contribution in [3.8, 4) is 0 Å². The first-order chi connectivity index (χ1) is 15.7. The molecule has 0 aromatic heterocycles. The molecule has 1 saturated carbocycles. The maximum Gasteiger partial charge on any atom is 0.241 e. The summed E-state index contributed by atoms with van der Waals surface area (Å²) >= 11 is 0. The van der Waals surface area contributed by atoms with Gasteiger partial charge in [-0.15, -0.1) is 0 Å². The lowest BCUT2D eigenvalue weighted by molar-refractivity contribution is -0.137. The predicted octanol–water partition coefficient (Wildman–Crippen LogP) is -0.395. The largest absolute Gasteiger partial charge is 0.370 e. The van der Waals surface area contributed by atoms with E-state index < -0.39 is 33.9 Å². The van der Waals surface area contributed by atoms with Gasteiger partial charge in [0.25, 0.3) is 0 Å². The number of aldehydes is 1. The monoisotopic (exact) mass is 486 g/mol. The number of guanidine groups is 1. The van der Waals surface area contributed by atoms with E-state index in [9.17, 15) is 22.8 Å². The summed E-state index contributed by atoms with van der Waals surface area (Å²) in [4.78, 5) is 42.0. The Balaban J connectivity index is 1.88. The number of hydrogen-bond acceptors (Lipinski definition) is 6. The Morgan fingerprint density at radius 1 is 1.15 bits per heavy atom. The highest BCUT2D eigenvalue weighted by atomic mass is 32.2. The van der Waals surface area contributed by atoms with Crippen molar-refractivity contribution in [2.24, 2.45) is 22.4 Å². The maximum absolute atomic E-state index is 13.0. The third kappa shape index (κ3) is 10.1. The molecule has 2 rings (SSSR count). The average Bonchev–Trinajstić information content (AvgIpc) is 2.92. The van der Waals surface area contributed by atoms with Gasteiger partial charge in [0.2, 0.25) is 21.8 Å². The summed E-state index contributed by atoms with van der Waals surface area (Å²) in [6.45, 7) is 0.483. The van der Waals surface area contributed by atoms with Crippen LogP contribution in [-0.2, 0) is 24.4 Å². The Kier molecular flexibility index (Phi) is 11.0. The van der Waals surface area contributed by atoms with Crippen LogP contribution in [-0.4, -0.2) is 74.8 Å². The minimum absolute atomic E-state index is 0.0368. The number of likely N-dealkylation sites (tertiary alicyclic amines) is 1. The van der Waals surface area contributed by atoms with E-state index in [0.717, 1.165) is 32.1 Å². The first-order valence-electron chi connectivity index (χ1n) is 11.8. The number of carbonyl (C=O) groups is 3. The van der Waals surface area contributed by atoms with Crippen molar-refractivity contribution >= 4 is 34.1 Å². The molecular formula is C21H38N6O5S. The normalized spacial score (nSPS) is 21.2. The van der Waals surface area contributed by atoms with Gasteiger partial charge >= 0.3 is 0 Å². The zero-order chi connectivity index (χ0) is 24.3. The molecule has 188 valence electrons. The highest BCUT2D eigenvalue weighted by Crippen LogP contribution is 2.25. The van der Waals surface area contributed by atoms with E-state index in [2.05, 4.69) is 15.0 Å². The van der Waals surface area contributed by atoms with E-state index in [1.54, 1.807) is 0 Å². The first-order valence-corrected chi connectivity index (χ1v) is 13.4. The lowest BCUT2D eigenvalue weighted by Crippen LogP contribution is -2.51. The first kappa shape index (κ1) is 27.0. The lowest BCUT2D eigenvalue weighted by Gasteiger charge is -2.26. The van der Waals surface area contributed by atoms with Crippen LogP contribution in [0.2, 0.25) is 0 Å². The summed E-state index contributed by atoms with van der Waals surface area (Å²) in [6.07, 6.45) is 8.30. The van der Waals surface area contributed by atoms with Crippen molar-refractivity contribution < 1.29 is 22.8 Å². The molecule has 2 atom stereocenters. The molecule has 2 aliphatic rings. The topological polar surface area (TPSA) is 177 Å². The highest BCUT2D eigenvalue weighted by Gasteiger charge is 2.32. The Morgan fingerprint density at radius 2 is 1.85 bits per heavy atom. The van der Waals surface area contributed by atoms with Gasteiger partial charge in [-0.3, -0.25) is 14.6 Å². The van der Waals surface area contributed by atoms with Crippen LogP contribution in [0.1, 0.15) is 64.2 Å². The van der Waals surface area contributed by atoms with Crippen molar-refractivity contribution in [1.29, 1.82) is 0 Å². The van der Waals surface area contributed by atoms with Gasteiger partial charge in [-0.25, -0.2) is 13.1 Å². The van der Waals surface area contributed by atoms with Gasteiger partial charge in [-0.1, -0.05) is 19.3 Å². The molecule has 1 saturated heterocycles. The summed E-state index contributed by atoms with van der Waals surface area (Å²) < 4.78 is 28.0. The molecule has 6 N–H and O–H groups in total. The molecular weight excluding hydrogens is 448 g/mol. The molecule has 2 amide bonds. The Hall–Kier alpha value is -2.21. The fourth-order valence-corrected chi connectivity index (χ4v) is 6.12. The molecule has 1 heterocycles. The van der Waals surface area contributed by atoms with Crippen molar-refractivity contribution in [3.05, 3.63) is 0 Å². The highest BCUT2D eigenvalue weighted by molar-refractivity contribution is 7.89. The van der Waals surface area contributed by atoms with Crippen molar-refractivity contribution in [2.45, 2.75) is 76.3 Å². The average molecular weight is 487 g/mol. The summed E-state index contributed by atoms with van der Waals surface area (Å²) in [7, 11) is -3.60. The third-order valence-corrected chi connectivity index (χ3v) is 7.65. The second kappa shape index (κ2) is 13.5. The van der Waals surface area contributed by atoms with Crippen LogP contribution in [0.3, 0.4) is 0 Å². The minimum atomic E-state index is -3.60. The van der Waals surface area contributed by atoms with Crippen LogP contribution in [0.4, 0.5) is 0 Å². The molecule has 0 aromatic carbocycles. The fraction of sp³-hybridized carbons (Fsp3) is 0.810. The molecule has 1 aliphatic heterocycles. The van der Waals surface area contributed by atoms with E-state index in [0.29, 0.717) is 51.5 Å². The van der Waals surface area contributed by atoms with Crippen LogP contribution in [0, 0.1) is 5.92 Å². The van der Waals surface area contributed by atoms with Crippen molar-refractivity contribution in [2.75, 3.05) is 25.4 Å². The van der Waals surface area contributed by atoms with Crippen LogP contribution in [0.15, 0.2) is 4.99 Å². The maximum atomic E-state index is 13.0. The SMILES string of the molecule is NC(N)=NCCCC(C=O)NC(=O)CN1CCCCC(NS(=O)(=O)CC2CCCCC2)C1=O. The molecule has 0 aromatic rings. The smallest absolute Gasteiger partial charge is 0.241 e. The zero-order valence-electron chi connectivity index (χ0n) is 19.2. The number of sulfonamides is 1. The molecule has 11 nitrogen and oxygen atoms in total. The Labute approximate surface area is 196 Å². The number of rotatable bonds is 12. The minimum Gasteiger partial charge on any atom is -0.370 e. The van der Waals surface area contributed by atoms with Gasteiger partial charge in [0.05, 0.1) is 18.3 Å². The van der Waals surface area contributed by atoms with Gasteiger partial charge in [-0.2, -0.15) is 0 Å². The lowest BCUT2D eigenvalue weighted by atomic mass is 9.91. The van der Waals surface area contributed by atoms with E-state index >= 15 is 0 Å². The number of hydrogen-bond donors (Lipinski definition) is 4. The molecule has 1 aliphatic carbocycles. The van der Waals surface area contributed by atoms with Gasteiger partial charge < -0.3 is 26.5 Å². The van der Waals surface area contributed by atoms with Crippen LogP contribution in [0.5, 0.6) is 0 Å². The number of carbonyl (C=O) groups excluding carboxylic acids is 3. The molecule has 12 heteroatoms. The second-order valence-corrected chi connectivity index (χ2v) is 10.8. The van der Waals surface area contributed by atoms with E-state index in [-0.39, 0.29) is 24.2 Å². The fourth-order valence-electron chi connectivity index (χ4n) is 4.42. The molecule has 0 radical (unpaired) electrons. The second-order valence-electron chi connectivity index (χ2n) is 8.97. The van der Waals surface area contributed by atoms with E-state index in [1.807, 2.05) is 0 Å². The predicted molar refractivity (Wildman–Crippen MR) is 126 cm³/mol. The summed E-state index contributed by atoms with van der Waals surface area (Å²) in [5.41, 5.74) is 10.5. The standard InChI is InChI=1S/C21H38N6O5S/c22-21(23)24-11-6-9-17(14-28)25-19(29)13-27-12-5-4-10-18(20(27)30)26-33(31,32)15-16-7-2-1-3-8-16/h14,16-18,26H,1-13,15H2,(H,25,29)(H4,22,23,24). The number of nitrogens with zero attached hydrogens (tertiary/aromatic N) is 2. The van der Waals surface area contributed by atoms with Crippen LogP contribution in [0.25, 0.3) is 0 Å². The van der Waals surface area contributed by atoms with Gasteiger partial charge in [0, 0.05) is 13.1 Å². The Morgan fingerprint density at radius 3 is 2.52 bits per heavy atom. The number of amides is 2. The molecule has 2 unspecified atom stereocenters. The molecule has 0 spiro atoms.